The quantitative estimate of drug-likeness (QED) is 0.904. The second kappa shape index (κ2) is 4.77. The molecule has 0 spiro atoms. The van der Waals surface area contributed by atoms with E-state index in [2.05, 4.69) is 4.98 Å². The number of aromatic nitrogens is 1. The van der Waals surface area contributed by atoms with Gasteiger partial charge in [-0.1, -0.05) is 18.2 Å². The van der Waals surface area contributed by atoms with Gasteiger partial charge in [0.05, 0.1) is 0 Å². The first-order valence-corrected chi connectivity index (χ1v) is 6.26. The van der Waals surface area contributed by atoms with Crippen molar-refractivity contribution in [2.75, 3.05) is 11.4 Å². The van der Waals surface area contributed by atoms with Crippen LogP contribution < -0.4 is 4.90 Å². The number of hydrogen-bond acceptors (Lipinski definition) is 3. The SMILES string of the molecule is O=C(O)c1cc(N2CCc3ccccc3C2=O)ccn1. The monoisotopic (exact) mass is 268 g/mol. The van der Waals surface area contributed by atoms with Crippen molar-refractivity contribution in [3.63, 3.8) is 0 Å². The number of carbonyl (C=O) groups is 2. The average Bonchev–Trinajstić information content (AvgIpc) is 2.48. The highest BCUT2D eigenvalue weighted by Gasteiger charge is 2.25. The van der Waals surface area contributed by atoms with Gasteiger partial charge in [-0.15, -0.1) is 0 Å². The molecule has 1 N–H and O–H groups in total. The summed E-state index contributed by atoms with van der Waals surface area (Å²) in [5, 5.41) is 8.97. The zero-order valence-corrected chi connectivity index (χ0v) is 10.6. The Bertz CT molecular complexity index is 697. The maximum Gasteiger partial charge on any atom is 0.354 e. The number of pyridine rings is 1. The number of benzene rings is 1. The summed E-state index contributed by atoms with van der Waals surface area (Å²) < 4.78 is 0. The summed E-state index contributed by atoms with van der Waals surface area (Å²) in [6, 6.07) is 10.6. The summed E-state index contributed by atoms with van der Waals surface area (Å²) in [6.45, 7) is 0.541. The number of carboxylic acid groups (broad SMARTS) is 1. The van der Waals surface area contributed by atoms with Crippen LogP contribution in [0.2, 0.25) is 0 Å². The third-order valence-electron chi connectivity index (χ3n) is 3.37. The third kappa shape index (κ3) is 2.03. The van der Waals surface area contributed by atoms with Crippen LogP contribution in [0.1, 0.15) is 26.4 Å². The number of rotatable bonds is 2. The summed E-state index contributed by atoms with van der Waals surface area (Å²) in [5.41, 5.74) is 2.21. The van der Waals surface area contributed by atoms with Crippen molar-refractivity contribution in [2.24, 2.45) is 0 Å². The second-order valence-corrected chi connectivity index (χ2v) is 4.57. The first kappa shape index (κ1) is 12.3. The van der Waals surface area contributed by atoms with Gasteiger partial charge in [0.1, 0.15) is 5.69 Å². The fourth-order valence-corrected chi connectivity index (χ4v) is 2.38. The van der Waals surface area contributed by atoms with E-state index in [0.29, 0.717) is 17.8 Å². The maximum atomic E-state index is 12.5. The van der Waals surface area contributed by atoms with E-state index in [1.54, 1.807) is 17.0 Å². The molecule has 1 aliphatic heterocycles. The van der Waals surface area contributed by atoms with E-state index >= 15 is 0 Å². The molecule has 0 saturated carbocycles. The number of carbonyl (C=O) groups excluding carboxylic acids is 1. The first-order chi connectivity index (χ1) is 9.66. The zero-order chi connectivity index (χ0) is 14.1. The number of nitrogens with zero attached hydrogens (tertiary/aromatic N) is 2. The normalized spacial score (nSPS) is 14.0. The largest absolute Gasteiger partial charge is 0.477 e. The van der Waals surface area contributed by atoms with Crippen LogP contribution in [0.5, 0.6) is 0 Å². The molecule has 0 bridgehead atoms. The number of fused-ring (bicyclic) bond motifs is 1. The average molecular weight is 268 g/mol. The van der Waals surface area contributed by atoms with Gasteiger partial charge in [0.25, 0.3) is 5.91 Å². The molecule has 1 aliphatic rings. The van der Waals surface area contributed by atoms with E-state index in [1.807, 2.05) is 18.2 Å². The third-order valence-corrected chi connectivity index (χ3v) is 3.37. The highest BCUT2D eigenvalue weighted by Crippen LogP contribution is 2.24. The molecule has 0 radical (unpaired) electrons. The lowest BCUT2D eigenvalue weighted by Gasteiger charge is -2.28. The predicted molar refractivity (Wildman–Crippen MR) is 73.0 cm³/mol. The Morgan fingerprint density at radius 1 is 1.25 bits per heavy atom. The minimum absolute atomic E-state index is 0.0610. The molecule has 2 aromatic rings. The molecule has 3 rings (SSSR count). The van der Waals surface area contributed by atoms with E-state index < -0.39 is 5.97 Å². The van der Waals surface area contributed by atoms with Crippen molar-refractivity contribution in [3.8, 4) is 0 Å². The predicted octanol–water partition coefficient (Wildman–Crippen LogP) is 1.98. The smallest absolute Gasteiger partial charge is 0.354 e. The first-order valence-electron chi connectivity index (χ1n) is 6.26. The lowest BCUT2D eigenvalue weighted by Crippen LogP contribution is -2.37. The standard InChI is InChI=1S/C15H12N2O3/c18-14-12-4-2-1-3-10(12)6-8-17(14)11-5-7-16-13(9-11)15(19)20/h1-5,7,9H,6,8H2,(H,19,20). The Labute approximate surface area is 115 Å². The molecular formula is C15H12N2O3. The minimum atomic E-state index is -1.10. The molecule has 0 atom stereocenters. The van der Waals surface area contributed by atoms with Crippen molar-refractivity contribution >= 4 is 17.6 Å². The van der Waals surface area contributed by atoms with Crippen molar-refractivity contribution in [3.05, 3.63) is 59.4 Å². The van der Waals surface area contributed by atoms with Crippen LogP contribution in [0.25, 0.3) is 0 Å². The Hall–Kier alpha value is -2.69. The minimum Gasteiger partial charge on any atom is -0.477 e. The molecule has 0 saturated heterocycles. The van der Waals surface area contributed by atoms with Gasteiger partial charge in [-0.2, -0.15) is 0 Å². The van der Waals surface area contributed by atoms with Crippen LogP contribution in [0.15, 0.2) is 42.6 Å². The topological polar surface area (TPSA) is 70.5 Å². The lowest BCUT2D eigenvalue weighted by atomic mass is 9.99. The molecule has 1 aromatic carbocycles. The van der Waals surface area contributed by atoms with Crippen molar-refractivity contribution in [1.29, 1.82) is 0 Å². The molecular weight excluding hydrogens is 256 g/mol. The Kier molecular flexibility index (Phi) is 2.95. The van der Waals surface area contributed by atoms with E-state index in [4.69, 9.17) is 5.11 Å². The number of hydrogen-bond donors (Lipinski definition) is 1. The molecule has 5 heteroatoms. The van der Waals surface area contributed by atoms with Gasteiger partial charge in [0.2, 0.25) is 0 Å². The molecule has 20 heavy (non-hydrogen) atoms. The zero-order valence-electron chi connectivity index (χ0n) is 10.6. The van der Waals surface area contributed by atoms with Gasteiger partial charge in [-0.3, -0.25) is 4.79 Å². The van der Waals surface area contributed by atoms with Crippen LogP contribution >= 0.6 is 0 Å². The Morgan fingerprint density at radius 2 is 2.05 bits per heavy atom. The molecule has 0 unspecified atom stereocenters. The van der Waals surface area contributed by atoms with Crippen molar-refractivity contribution < 1.29 is 14.7 Å². The van der Waals surface area contributed by atoms with Crippen LogP contribution in [-0.2, 0) is 6.42 Å². The van der Waals surface area contributed by atoms with Crippen LogP contribution in [0.4, 0.5) is 5.69 Å². The maximum absolute atomic E-state index is 12.5. The van der Waals surface area contributed by atoms with E-state index in [-0.39, 0.29) is 11.6 Å². The number of amides is 1. The number of aromatic carboxylic acids is 1. The van der Waals surface area contributed by atoms with E-state index in [0.717, 1.165) is 12.0 Å². The number of carboxylic acids is 1. The summed E-state index contributed by atoms with van der Waals surface area (Å²) in [4.78, 5) is 28.8. The fraction of sp³-hybridized carbons (Fsp3) is 0.133. The molecule has 1 aromatic heterocycles. The van der Waals surface area contributed by atoms with Gasteiger partial charge >= 0.3 is 5.97 Å². The van der Waals surface area contributed by atoms with Gasteiger partial charge in [0.15, 0.2) is 0 Å². The van der Waals surface area contributed by atoms with E-state index in [9.17, 15) is 9.59 Å². The van der Waals surface area contributed by atoms with Gasteiger partial charge in [-0.05, 0) is 30.2 Å². The molecule has 0 fully saturated rings. The molecule has 100 valence electrons. The summed E-state index contributed by atoms with van der Waals surface area (Å²) in [7, 11) is 0. The summed E-state index contributed by atoms with van der Waals surface area (Å²) >= 11 is 0. The lowest BCUT2D eigenvalue weighted by molar-refractivity contribution is 0.0690. The molecule has 0 aliphatic carbocycles. The summed E-state index contributed by atoms with van der Waals surface area (Å²) in [6.07, 6.45) is 2.17. The van der Waals surface area contributed by atoms with Crippen LogP contribution in [0.3, 0.4) is 0 Å². The summed E-state index contributed by atoms with van der Waals surface area (Å²) in [5.74, 6) is -1.20. The van der Waals surface area contributed by atoms with Gasteiger partial charge < -0.3 is 10.0 Å². The fourth-order valence-electron chi connectivity index (χ4n) is 2.38. The Balaban J connectivity index is 1.99. The van der Waals surface area contributed by atoms with Gasteiger partial charge in [-0.25, -0.2) is 9.78 Å². The second-order valence-electron chi connectivity index (χ2n) is 4.57. The molecule has 2 heterocycles. The molecule has 5 nitrogen and oxygen atoms in total. The van der Waals surface area contributed by atoms with E-state index in [1.165, 1.54) is 12.3 Å². The highest BCUT2D eigenvalue weighted by atomic mass is 16.4. The molecule has 1 amide bonds. The highest BCUT2D eigenvalue weighted by molar-refractivity contribution is 6.08. The number of anilines is 1. The van der Waals surface area contributed by atoms with Crippen LogP contribution in [-0.4, -0.2) is 28.5 Å². The van der Waals surface area contributed by atoms with Crippen LogP contribution in [0, 0.1) is 0 Å². The Morgan fingerprint density at radius 3 is 2.85 bits per heavy atom. The van der Waals surface area contributed by atoms with Crippen molar-refractivity contribution in [1.82, 2.24) is 4.98 Å². The van der Waals surface area contributed by atoms with Gasteiger partial charge in [0, 0.05) is 24.0 Å². The van der Waals surface area contributed by atoms with Crippen molar-refractivity contribution in [2.45, 2.75) is 6.42 Å².